The van der Waals surface area contributed by atoms with E-state index in [1.807, 2.05) is 12.1 Å². The van der Waals surface area contributed by atoms with Gasteiger partial charge in [0.1, 0.15) is 0 Å². The van der Waals surface area contributed by atoms with E-state index in [0.29, 0.717) is 28.8 Å². The maximum absolute atomic E-state index is 12.7. The lowest BCUT2D eigenvalue weighted by Gasteiger charge is -2.14. The molecule has 2 aromatic rings. The second kappa shape index (κ2) is 6.19. The van der Waals surface area contributed by atoms with E-state index in [1.54, 1.807) is 23.1 Å². The number of carbonyl (C=O) groups is 2. The molecule has 1 aromatic heterocycles. The first-order chi connectivity index (χ1) is 12.0. The number of likely N-dealkylation sites (tertiary alicyclic amines) is 1. The molecule has 25 heavy (non-hydrogen) atoms. The molecule has 1 aliphatic carbocycles. The van der Waals surface area contributed by atoms with Gasteiger partial charge >= 0.3 is 5.97 Å². The molecule has 1 saturated heterocycles. The van der Waals surface area contributed by atoms with Crippen molar-refractivity contribution in [3.8, 4) is 11.3 Å². The molecule has 4 rings (SSSR count). The van der Waals surface area contributed by atoms with Crippen LogP contribution >= 0.6 is 11.6 Å². The summed E-state index contributed by atoms with van der Waals surface area (Å²) >= 11 is 6.14. The Balaban J connectivity index is 1.54. The smallest absolute Gasteiger partial charge is 0.308 e. The molecule has 1 aromatic carbocycles. The molecular weight excluding hydrogens is 344 g/mol. The van der Waals surface area contributed by atoms with Gasteiger partial charge in [-0.15, -0.1) is 0 Å². The summed E-state index contributed by atoms with van der Waals surface area (Å²) in [5.41, 5.74) is 0.840. The van der Waals surface area contributed by atoms with Crippen LogP contribution in [0.5, 0.6) is 0 Å². The van der Waals surface area contributed by atoms with Crippen molar-refractivity contribution in [3.63, 3.8) is 0 Å². The summed E-state index contributed by atoms with van der Waals surface area (Å²) in [6.45, 7) is 0.693. The minimum Gasteiger partial charge on any atom is -0.481 e. The fourth-order valence-electron chi connectivity index (χ4n) is 3.58. The highest BCUT2D eigenvalue weighted by Gasteiger charge is 2.47. The van der Waals surface area contributed by atoms with Crippen molar-refractivity contribution in [2.45, 2.75) is 12.8 Å². The first kappa shape index (κ1) is 16.1. The molecule has 2 atom stereocenters. The van der Waals surface area contributed by atoms with Gasteiger partial charge in [-0.05, 0) is 36.8 Å². The standard InChI is InChI=1S/C18H17ClN2O4/c19-14-4-2-1-3-11(14)16-7-15(20-25-16)17(22)21-8-12(10-5-6-10)13(9-21)18(23)24/h1-4,7,10,12-13H,5-6,8-9H2,(H,23,24)/t12-,13+/m1/s1. The van der Waals surface area contributed by atoms with E-state index in [0.717, 1.165) is 12.8 Å². The summed E-state index contributed by atoms with van der Waals surface area (Å²) in [6.07, 6.45) is 2.11. The van der Waals surface area contributed by atoms with Gasteiger partial charge in [-0.25, -0.2) is 0 Å². The first-order valence-corrected chi connectivity index (χ1v) is 8.66. The lowest BCUT2D eigenvalue weighted by Crippen LogP contribution is -2.30. The van der Waals surface area contributed by atoms with Crippen LogP contribution in [0, 0.1) is 17.8 Å². The van der Waals surface area contributed by atoms with Gasteiger partial charge in [0, 0.05) is 24.7 Å². The van der Waals surface area contributed by atoms with Crippen molar-refractivity contribution < 1.29 is 19.2 Å². The van der Waals surface area contributed by atoms with Gasteiger partial charge in [0.2, 0.25) is 0 Å². The van der Waals surface area contributed by atoms with Crippen molar-refractivity contribution in [2.75, 3.05) is 13.1 Å². The third kappa shape index (κ3) is 3.02. The molecule has 2 fully saturated rings. The van der Waals surface area contributed by atoms with Crippen LogP contribution in [0.4, 0.5) is 0 Å². The van der Waals surface area contributed by atoms with Gasteiger partial charge < -0.3 is 14.5 Å². The highest BCUT2D eigenvalue weighted by molar-refractivity contribution is 6.33. The summed E-state index contributed by atoms with van der Waals surface area (Å²) in [6, 6.07) is 8.71. The normalized spacial score (nSPS) is 23.0. The third-order valence-electron chi connectivity index (χ3n) is 5.07. The fourth-order valence-corrected chi connectivity index (χ4v) is 3.81. The first-order valence-electron chi connectivity index (χ1n) is 8.28. The van der Waals surface area contributed by atoms with E-state index in [9.17, 15) is 14.7 Å². The Kier molecular flexibility index (Phi) is 4.00. The number of amides is 1. The summed E-state index contributed by atoms with van der Waals surface area (Å²) in [5.74, 6) is -0.736. The molecule has 130 valence electrons. The number of carboxylic acids is 1. The fraction of sp³-hybridized carbons (Fsp3) is 0.389. The molecule has 7 heteroatoms. The minimum absolute atomic E-state index is 0.0383. The lowest BCUT2D eigenvalue weighted by atomic mass is 9.92. The Bertz CT molecular complexity index is 830. The molecular formula is C18H17ClN2O4. The summed E-state index contributed by atoms with van der Waals surface area (Å²) in [7, 11) is 0. The van der Waals surface area contributed by atoms with Crippen LogP contribution < -0.4 is 0 Å². The predicted molar refractivity (Wildman–Crippen MR) is 90.2 cm³/mol. The molecule has 0 radical (unpaired) electrons. The molecule has 6 nitrogen and oxygen atoms in total. The second-order valence-corrected chi connectivity index (χ2v) is 7.12. The maximum atomic E-state index is 12.7. The van der Waals surface area contributed by atoms with Gasteiger partial charge in [-0.2, -0.15) is 0 Å². The van der Waals surface area contributed by atoms with E-state index < -0.39 is 11.9 Å². The van der Waals surface area contributed by atoms with Crippen molar-refractivity contribution in [1.82, 2.24) is 10.1 Å². The zero-order valence-corrected chi connectivity index (χ0v) is 14.1. The molecule has 1 aliphatic heterocycles. The largest absolute Gasteiger partial charge is 0.481 e. The number of carbonyl (C=O) groups excluding carboxylic acids is 1. The lowest BCUT2D eigenvalue weighted by molar-refractivity contribution is -0.142. The van der Waals surface area contributed by atoms with Crippen molar-refractivity contribution in [2.24, 2.45) is 17.8 Å². The molecule has 0 bridgehead atoms. The van der Waals surface area contributed by atoms with Gasteiger partial charge in [0.15, 0.2) is 11.5 Å². The summed E-state index contributed by atoms with van der Waals surface area (Å²) in [4.78, 5) is 25.8. The Morgan fingerprint density at radius 3 is 2.68 bits per heavy atom. The molecule has 1 N–H and O–H groups in total. The van der Waals surface area contributed by atoms with E-state index in [2.05, 4.69) is 5.16 Å². The molecule has 0 spiro atoms. The number of halogens is 1. The van der Waals surface area contributed by atoms with Crippen LogP contribution in [0.2, 0.25) is 5.02 Å². The third-order valence-corrected chi connectivity index (χ3v) is 5.40. The van der Waals surface area contributed by atoms with Crippen LogP contribution in [0.25, 0.3) is 11.3 Å². The average molecular weight is 361 g/mol. The van der Waals surface area contributed by atoms with Gasteiger partial charge in [-0.1, -0.05) is 28.9 Å². The number of hydrogen-bond donors (Lipinski definition) is 1. The van der Waals surface area contributed by atoms with Crippen molar-refractivity contribution in [1.29, 1.82) is 0 Å². The monoisotopic (exact) mass is 360 g/mol. The Hall–Kier alpha value is -2.34. The topological polar surface area (TPSA) is 83.6 Å². The Morgan fingerprint density at radius 2 is 2.00 bits per heavy atom. The number of aliphatic carboxylic acids is 1. The molecule has 2 heterocycles. The zero-order chi connectivity index (χ0) is 17.6. The quantitative estimate of drug-likeness (QED) is 0.905. The molecule has 0 unspecified atom stereocenters. The van der Waals surface area contributed by atoms with E-state index >= 15 is 0 Å². The molecule has 1 amide bonds. The van der Waals surface area contributed by atoms with Crippen LogP contribution in [0.3, 0.4) is 0 Å². The molecule has 1 saturated carbocycles. The van der Waals surface area contributed by atoms with E-state index in [-0.39, 0.29) is 24.1 Å². The maximum Gasteiger partial charge on any atom is 0.308 e. The van der Waals surface area contributed by atoms with Crippen LogP contribution in [-0.2, 0) is 4.79 Å². The van der Waals surface area contributed by atoms with E-state index in [4.69, 9.17) is 16.1 Å². The number of hydrogen-bond acceptors (Lipinski definition) is 4. The van der Waals surface area contributed by atoms with E-state index in [1.165, 1.54) is 0 Å². The van der Waals surface area contributed by atoms with Crippen LogP contribution in [0.1, 0.15) is 23.3 Å². The summed E-state index contributed by atoms with van der Waals surface area (Å²) < 4.78 is 5.27. The number of nitrogens with zero attached hydrogens (tertiary/aromatic N) is 2. The number of benzene rings is 1. The average Bonchev–Trinajstić information content (AvgIpc) is 3.16. The number of aromatic nitrogens is 1. The Morgan fingerprint density at radius 1 is 1.24 bits per heavy atom. The van der Waals surface area contributed by atoms with Gasteiger partial charge in [0.05, 0.1) is 10.9 Å². The van der Waals surface area contributed by atoms with Crippen molar-refractivity contribution in [3.05, 3.63) is 41.0 Å². The van der Waals surface area contributed by atoms with Gasteiger partial charge in [-0.3, -0.25) is 9.59 Å². The minimum atomic E-state index is -0.830. The van der Waals surface area contributed by atoms with Gasteiger partial charge in [0.25, 0.3) is 5.91 Å². The van der Waals surface area contributed by atoms with Crippen molar-refractivity contribution >= 4 is 23.5 Å². The highest BCUT2D eigenvalue weighted by atomic mass is 35.5. The number of carboxylic acid groups (broad SMARTS) is 1. The Labute approximate surface area is 149 Å². The molecule has 2 aliphatic rings. The summed E-state index contributed by atoms with van der Waals surface area (Å²) in [5, 5.41) is 13.8. The highest BCUT2D eigenvalue weighted by Crippen LogP contribution is 2.44. The number of rotatable bonds is 4. The van der Waals surface area contributed by atoms with Crippen LogP contribution in [0.15, 0.2) is 34.9 Å². The SMILES string of the molecule is O=C(O)[C@H]1CN(C(=O)c2cc(-c3ccccc3Cl)on2)C[C@@H]1C1CC1. The van der Waals surface area contributed by atoms with Crippen LogP contribution in [-0.4, -0.2) is 40.1 Å². The predicted octanol–water partition coefficient (Wildman–Crippen LogP) is 3.18. The zero-order valence-electron chi connectivity index (χ0n) is 13.4. The second-order valence-electron chi connectivity index (χ2n) is 6.71.